The summed E-state index contributed by atoms with van der Waals surface area (Å²) in [6.07, 6.45) is -0.242. The van der Waals surface area contributed by atoms with E-state index >= 15 is 0 Å². The van der Waals surface area contributed by atoms with E-state index in [-0.39, 0.29) is 11.8 Å². The molecule has 0 spiro atoms. The number of aliphatic carboxylic acids is 1. The minimum atomic E-state index is -4.50. The van der Waals surface area contributed by atoms with Crippen LogP contribution >= 0.6 is 11.8 Å². The summed E-state index contributed by atoms with van der Waals surface area (Å²) >= 11 is 1.43. The van der Waals surface area contributed by atoms with E-state index in [1.807, 2.05) is 11.0 Å². The number of hydrogen-bond donors (Lipinski definition) is 6. The molecular weight excluding hydrogens is 404 g/mol. The average Bonchev–Trinajstić information content (AvgIpc) is 3.01. The summed E-state index contributed by atoms with van der Waals surface area (Å²) in [6, 6.07) is -3.77. The predicted molar refractivity (Wildman–Crippen MR) is 94.5 cm³/mol. The molecule has 0 fully saturated rings. The molecule has 0 radical (unpaired) electrons. The second-order valence-corrected chi connectivity index (χ2v) is 7.95. The zero-order valence-electron chi connectivity index (χ0n) is 14.5. The van der Waals surface area contributed by atoms with Gasteiger partial charge in [0.15, 0.2) is 0 Å². The van der Waals surface area contributed by atoms with E-state index in [4.69, 9.17) is 21.0 Å². The van der Waals surface area contributed by atoms with Gasteiger partial charge in [0, 0.05) is 5.75 Å². The fourth-order valence-corrected chi connectivity index (χ4v) is 3.67. The normalized spacial score (nSPS) is 16.4. The Balaban J connectivity index is 3.04. The monoisotopic (exact) mass is 426 g/mol. The lowest BCUT2D eigenvalue weighted by atomic mass is 10.2. The van der Waals surface area contributed by atoms with Crippen LogP contribution in [0.25, 0.3) is 0 Å². The minimum absolute atomic E-state index is 0.0355. The van der Waals surface area contributed by atoms with Gasteiger partial charge in [-0.05, 0) is 13.2 Å². The van der Waals surface area contributed by atoms with Gasteiger partial charge in [0.05, 0.1) is 18.6 Å². The number of carbonyl (C=O) groups excluding carboxylic acids is 1. The average molecular weight is 426 g/mol. The van der Waals surface area contributed by atoms with Crippen LogP contribution in [0, 0.1) is 0 Å². The van der Waals surface area contributed by atoms with E-state index in [2.05, 4.69) is 10.2 Å². The van der Waals surface area contributed by atoms with Crippen molar-refractivity contribution in [3.8, 4) is 0 Å². The molecule has 13 nitrogen and oxygen atoms in total. The molecule has 1 amide bonds. The van der Waals surface area contributed by atoms with Crippen LogP contribution in [0.2, 0.25) is 0 Å². The van der Waals surface area contributed by atoms with Gasteiger partial charge in [-0.2, -0.15) is 29.6 Å². The standard InChI is InChI=1S/C12H22N6O7S2/c1-5(19)9(12(21)22)18-27(23,24)17-7(3-8(14)20)11-16-15-10(25-11)6(13)4-26-2/h5-7,9,17-19H,3-4,13H2,1-2H3,(H2,14,20)(H,21,22)/t5?,6-,7-,9?/m0/s1. The highest BCUT2D eigenvalue weighted by atomic mass is 32.2. The van der Waals surface area contributed by atoms with Crippen molar-refractivity contribution in [2.75, 3.05) is 12.0 Å². The molecule has 2 unspecified atom stereocenters. The lowest BCUT2D eigenvalue weighted by Crippen LogP contribution is -2.52. The lowest BCUT2D eigenvalue weighted by molar-refractivity contribution is -0.141. The second kappa shape index (κ2) is 9.95. The molecule has 27 heavy (non-hydrogen) atoms. The number of hydrogen-bond acceptors (Lipinski definition) is 10. The van der Waals surface area contributed by atoms with Crippen molar-refractivity contribution in [1.29, 1.82) is 0 Å². The van der Waals surface area contributed by atoms with Gasteiger partial charge in [0.2, 0.25) is 17.7 Å². The maximum absolute atomic E-state index is 12.2. The number of rotatable bonds is 12. The highest BCUT2D eigenvalue weighted by molar-refractivity contribution is 7.98. The van der Waals surface area contributed by atoms with Crippen LogP contribution in [-0.2, 0) is 19.8 Å². The number of primary amides is 1. The van der Waals surface area contributed by atoms with Crippen LogP contribution in [0.15, 0.2) is 4.42 Å². The number of carboxylic acids is 1. The first-order valence-electron chi connectivity index (χ1n) is 7.53. The number of aliphatic hydroxyl groups excluding tert-OH is 1. The first-order chi connectivity index (χ1) is 12.5. The van der Waals surface area contributed by atoms with Gasteiger partial charge < -0.3 is 26.1 Å². The molecule has 0 bridgehead atoms. The Bertz CT molecular complexity index is 753. The third kappa shape index (κ3) is 7.39. The van der Waals surface area contributed by atoms with Crippen molar-refractivity contribution in [3.63, 3.8) is 0 Å². The van der Waals surface area contributed by atoms with E-state index in [9.17, 15) is 23.1 Å². The van der Waals surface area contributed by atoms with Crippen molar-refractivity contribution in [2.24, 2.45) is 11.5 Å². The van der Waals surface area contributed by atoms with Crippen molar-refractivity contribution >= 4 is 33.8 Å². The Morgan fingerprint density at radius 1 is 1.30 bits per heavy atom. The first kappa shape index (κ1) is 23.3. The van der Waals surface area contributed by atoms with Gasteiger partial charge in [0.25, 0.3) is 10.2 Å². The van der Waals surface area contributed by atoms with E-state index < -0.39 is 52.7 Å². The van der Waals surface area contributed by atoms with Crippen molar-refractivity contribution in [2.45, 2.75) is 37.6 Å². The minimum Gasteiger partial charge on any atom is -0.480 e. The van der Waals surface area contributed by atoms with Crippen LogP contribution in [-0.4, -0.2) is 64.9 Å². The number of thioether (sulfide) groups is 1. The Kier molecular flexibility index (Phi) is 8.58. The summed E-state index contributed by atoms with van der Waals surface area (Å²) in [4.78, 5) is 22.3. The summed E-state index contributed by atoms with van der Waals surface area (Å²) in [5, 5.41) is 25.8. The van der Waals surface area contributed by atoms with E-state index in [0.29, 0.717) is 5.75 Å². The summed E-state index contributed by atoms with van der Waals surface area (Å²) in [5.41, 5.74) is 10.9. The topological polar surface area (TPSA) is 224 Å². The quantitative estimate of drug-likeness (QED) is 0.207. The number of nitrogens with zero attached hydrogens (tertiary/aromatic N) is 2. The molecule has 8 N–H and O–H groups in total. The molecule has 15 heteroatoms. The summed E-state index contributed by atoms with van der Waals surface area (Å²) in [5.74, 6) is -2.24. The van der Waals surface area contributed by atoms with Crippen molar-refractivity contribution in [1.82, 2.24) is 19.6 Å². The number of nitrogens with one attached hydrogen (secondary N) is 2. The van der Waals surface area contributed by atoms with Gasteiger partial charge in [-0.1, -0.05) is 0 Å². The Morgan fingerprint density at radius 2 is 1.89 bits per heavy atom. The van der Waals surface area contributed by atoms with E-state index in [0.717, 1.165) is 6.92 Å². The molecule has 0 aliphatic rings. The molecule has 154 valence electrons. The second-order valence-electron chi connectivity index (χ2n) is 5.56. The molecule has 0 saturated carbocycles. The maximum Gasteiger partial charge on any atom is 0.324 e. The fourth-order valence-electron chi connectivity index (χ4n) is 1.91. The Hall–Kier alpha value is -1.78. The molecule has 1 aromatic rings. The maximum atomic E-state index is 12.2. The third-order valence-corrected chi connectivity index (χ3v) is 5.00. The SMILES string of the molecule is CSC[C@H](N)c1nnc([C@H](CC(N)=O)NS(=O)(=O)NC(C(=O)O)C(C)O)o1. The lowest BCUT2D eigenvalue weighted by Gasteiger charge is -2.19. The molecule has 0 aliphatic carbocycles. The smallest absolute Gasteiger partial charge is 0.324 e. The number of carboxylic acid groups (broad SMARTS) is 1. The molecule has 1 heterocycles. The molecule has 4 atom stereocenters. The Morgan fingerprint density at radius 3 is 2.37 bits per heavy atom. The Labute approximate surface area is 159 Å². The number of aliphatic hydroxyl groups is 1. The summed E-state index contributed by atoms with van der Waals surface area (Å²) in [7, 11) is -4.50. The van der Waals surface area contributed by atoms with Crippen LogP contribution < -0.4 is 20.9 Å². The largest absolute Gasteiger partial charge is 0.480 e. The van der Waals surface area contributed by atoms with Crippen molar-refractivity contribution < 1.29 is 32.6 Å². The van der Waals surface area contributed by atoms with Crippen LogP contribution in [0.5, 0.6) is 0 Å². The third-order valence-electron chi connectivity index (χ3n) is 3.15. The fraction of sp³-hybridized carbons (Fsp3) is 0.667. The molecule has 0 saturated heterocycles. The zero-order chi connectivity index (χ0) is 20.8. The molecule has 0 aliphatic heterocycles. The predicted octanol–water partition coefficient (Wildman–Crippen LogP) is -2.39. The van der Waals surface area contributed by atoms with Gasteiger partial charge in [0.1, 0.15) is 12.1 Å². The molecule has 0 aromatic carbocycles. The number of nitrogens with two attached hydrogens (primary N) is 2. The highest BCUT2D eigenvalue weighted by Gasteiger charge is 2.32. The first-order valence-corrected chi connectivity index (χ1v) is 10.4. The van der Waals surface area contributed by atoms with Gasteiger partial charge >= 0.3 is 5.97 Å². The van der Waals surface area contributed by atoms with Crippen LogP contribution in [0.1, 0.15) is 37.2 Å². The van der Waals surface area contributed by atoms with Gasteiger partial charge in [-0.15, -0.1) is 10.2 Å². The van der Waals surface area contributed by atoms with Gasteiger partial charge in [-0.25, -0.2) is 0 Å². The molecule has 1 aromatic heterocycles. The number of aromatic nitrogens is 2. The molecular formula is C12H22N6O7S2. The summed E-state index contributed by atoms with van der Waals surface area (Å²) < 4.78 is 33.5. The van der Waals surface area contributed by atoms with Gasteiger partial charge in [-0.3, -0.25) is 9.59 Å². The number of amides is 1. The number of carbonyl (C=O) groups is 2. The van der Waals surface area contributed by atoms with E-state index in [1.165, 1.54) is 11.8 Å². The van der Waals surface area contributed by atoms with E-state index in [1.54, 1.807) is 4.72 Å². The zero-order valence-corrected chi connectivity index (χ0v) is 16.2. The van der Waals surface area contributed by atoms with Crippen LogP contribution in [0.4, 0.5) is 0 Å². The molecule has 1 rings (SSSR count). The van der Waals surface area contributed by atoms with Crippen molar-refractivity contribution in [3.05, 3.63) is 11.8 Å². The summed E-state index contributed by atoms with van der Waals surface area (Å²) in [6.45, 7) is 1.10. The van der Waals surface area contributed by atoms with Crippen LogP contribution in [0.3, 0.4) is 0 Å². The highest BCUT2D eigenvalue weighted by Crippen LogP contribution is 2.20.